The maximum atomic E-state index is 12.6. The smallest absolute Gasteiger partial charge is 0.255 e. The molecule has 0 atom stereocenters. The van der Waals surface area contributed by atoms with E-state index in [1.807, 2.05) is 27.3 Å². The minimum atomic E-state index is 0.00655. The van der Waals surface area contributed by atoms with E-state index in [4.69, 9.17) is 0 Å². The minimum absolute atomic E-state index is 0.00655. The lowest BCUT2D eigenvalue weighted by molar-refractivity contribution is -0.132. The molecule has 1 saturated heterocycles. The van der Waals surface area contributed by atoms with Crippen LogP contribution in [0.5, 0.6) is 0 Å². The van der Waals surface area contributed by atoms with Crippen molar-refractivity contribution >= 4 is 33.4 Å². The zero-order valence-corrected chi connectivity index (χ0v) is 15.0. The van der Waals surface area contributed by atoms with Gasteiger partial charge in [0.15, 0.2) is 0 Å². The summed E-state index contributed by atoms with van der Waals surface area (Å²) >= 11 is 1.59. The van der Waals surface area contributed by atoms with E-state index in [9.17, 15) is 9.59 Å². The number of nitrogens with zero attached hydrogens (tertiary/aromatic N) is 3. The van der Waals surface area contributed by atoms with Crippen LogP contribution in [-0.4, -0.2) is 52.8 Å². The summed E-state index contributed by atoms with van der Waals surface area (Å²) in [5.41, 5.74) is 1.56. The van der Waals surface area contributed by atoms with Crippen molar-refractivity contribution in [3.8, 4) is 0 Å². The van der Waals surface area contributed by atoms with Crippen molar-refractivity contribution in [3.05, 3.63) is 29.3 Å². The molecule has 0 aromatic carbocycles. The summed E-state index contributed by atoms with van der Waals surface area (Å²) in [7, 11) is 0. The first-order chi connectivity index (χ1) is 11.5. The number of hydrogen-bond donors (Lipinski definition) is 0. The van der Waals surface area contributed by atoms with Crippen LogP contribution >= 0.6 is 11.3 Å². The summed E-state index contributed by atoms with van der Waals surface area (Å²) in [6, 6.07) is 3.87. The van der Waals surface area contributed by atoms with E-state index >= 15 is 0 Å². The largest absolute Gasteiger partial charge is 0.339 e. The molecule has 24 heavy (non-hydrogen) atoms. The number of piperazine rings is 1. The molecule has 3 heterocycles. The van der Waals surface area contributed by atoms with E-state index in [2.05, 4.69) is 18.8 Å². The molecule has 2 aromatic rings. The van der Waals surface area contributed by atoms with E-state index < -0.39 is 0 Å². The molecule has 0 saturated carbocycles. The van der Waals surface area contributed by atoms with Crippen LogP contribution < -0.4 is 0 Å². The molecule has 2 aromatic heterocycles. The molecule has 3 rings (SSSR count). The van der Waals surface area contributed by atoms with Crippen molar-refractivity contribution in [3.63, 3.8) is 0 Å². The number of rotatable bonds is 4. The van der Waals surface area contributed by atoms with Crippen LogP contribution in [-0.2, 0) is 4.79 Å². The Hall–Kier alpha value is -1.95. The van der Waals surface area contributed by atoms with Gasteiger partial charge in [0.1, 0.15) is 0 Å². The number of pyridine rings is 1. The average molecular weight is 345 g/mol. The number of aromatic nitrogens is 1. The quantitative estimate of drug-likeness (QED) is 0.856. The fourth-order valence-electron chi connectivity index (χ4n) is 2.88. The average Bonchev–Trinajstić information content (AvgIpc) is 3.06. The number of fused-ring (bicyclic) bond motifs is 1. The molecule has 0 N–H and O–H groups in total. The van der Waals surface area contributed by atoms with Crippen molar-refractivity contribution in [1.82, 2.24) is 14.8 Å². The van der Waals surface area contributed by atoms with Crippen LogP contribution in [0.1, 0.15) is 37.0 Å². The van der Waals surface area contributed by atoms with Gasteiger partial charge in [0.25, 0.3) is 5.91 Å². The molecule has 128 valence electrons. The molecule has 0 unspecified atom stereocenters. The maximum Gasteiger partial charge on any atom is 0.255 e. The first kappa shape index (κ1) is 16.9. The third-order valence-electron chi connectivity index (χ3n) is 4.40. The van der Waals surface area contributed by atoms with Gasteiger partial charge in [0.05, 0.1) is 15.8 Å². The van der Waals surface area contributed by atoms with Crippen molar-refractivity contribution < 1.29 is 9.59 Å². The predicted molar refractivity (Wildman–Crippen MR) is 96.2 cm³/mol. The Morgan fingerprint density at radius 1 is 1.21 bits per heavy atom. The Kier molecular flexibility index (Phi) is 5.14. The van der Waals surface area contributed by atoms with Gasteiger partial charge in [-0.15, -0.1) is 11.3 Å². The number of hydrogen-bond acceptors (Lipinski definition) is 4. The van der Waals surface area contributed by atoms with Crippen LogP contribution in [0.4, 0.5) is 0 Å². The SMILES string of the molecule is CC(C)CCC(=O)N1CCN(C(=O)c2cnc3ccsc3c2)CC1. The molecular weight excluding hydrogens is 322 g/mol. The highest BCUT2D eigenvalue weighted by Gasteiger charge is 2.25. The molecule has 1 aliphatic rings. The van der Waals surface area contributed by atoms with Crippen LogP contribution in [0.3, 0.4) is 0 Å². The molecule has 6 heteroatoms. The van der Waals surface area contributed by atoms with Gasteiger partial charge in [0, 0.05) is 38.8 Å². The molecule has 2 amide bonds. The van der Waals surface area contributed by atoms with Crippen LogP contribution in [0.25, 0.3) is 10.2 Å². The number of carbonyl (C=O) groups is 2. The van der Waals surface area contributed by atoms with Gasteiger partial charge in [0.2, 0.25) is 5.91 Å². The monoisotopic (exact) mass is 345 g/mol. The summed E-state index contributed by atoms with van der Waals surface area (Å²) in [6.07, 6.45) is 3.17. The van der Waals surface area contributed by atoms with Crippen LogP contribution in [0.2, 0.25) is 0 Å². The maximum absolute atomic E-state index is 12.6. The van der Waals surface area contributed by atoms with E-state index in [-0.39, 0.29) is 11.8 Å². The summed E-state index contributed by atoms with van der Waals surface area (Å²) in [6.45, 7) is 6.68. The predicted octanol–water partition coefficient (Wildman–Crippen LogP) is 3.02. The second-order valence-corrected chi connectivity index (χ2v) is 7.58. The summed E-state index contributed by atoms with van der Waals surface area (Å²) < 4.78 is 1.03. The van der Waals surface area contributed by atoms with Crippen molar-refractivity contribution in [1.29, 1.82) is 0 Å². The van der Waals surface area contributed by atoms with Crippen LogP contribution in [0, 0.1) is 5.92 Å². The minimum Gasteiger partial charge on any atom is -0.339 e. The fourth-order valence-corrected chi connectivity index (χ4v) is 3.66. The number of amides is 2. The number of carbonyl (C=O) groups excluding carboxylic acids is 2. The Balaban J connectivity index is 1.57. The van der Waals surface area contributed by atoms with Gasteiger partial charge in [-0.25, -0.2) is 0 Å². The lowest BCUT2D eigenvalue weighted by Crippen LogP contribution is -2.50. The zero-order valence-electron chi connectivity index (χ0n) is 14.2. The van der Waals surface area contributed by atoms with Gasteiger partial charge in [-0.05, 0) is 29.9 Å². The standard InChI is InChI=1S/C18H23N3O2S/c1-13(2)3-4-17(22)20-6-8-21(9-7-20)18(23)14-11-16-15(19-12-14)5-10-24-16/h5,10-13H,3-4,6-9H2,1-2H3. The van der Waals surface area contributed by atoms with E-state index in [1.165, 1.54) is 0 Å². The number of thiophene rings is 1. The molecular formula is C18H23N3O2S. The second kappa shape index (κ2) is 7.30. The van der Waals surface area contributed by atoms with Gasteiger partial charge in [-0.3, -0.25) is 14.6 Å². The van der Waals surface area contributed by atoms with E-state index in [1.54, 1.807) is 17.5 Å². The Bertz CT molecular complexity index is 733. The first-order valence-corrected chi connectivity index (χ1v) is 9.33. The molecule has 0 spiro atoms. The highest BCUT2D eigenvalue weighted by atomic mass is 32.1. The highest BCUT2D eigenvalue weighted by Crippen LogP contribution is 2.20. The summed E-state index contributed by atoms with van der Waals surface area (Å²) in [4.78, 5) is 32.9. The molecule has 5 nitrogen and oxygen atoms in total. The van der Waals surface area contributed by atoms with Crippen LogP contribution in [0.15, 0.2) is 23.7 Å². The zero-order chi connectivity index (χ0) is 17.1. The third-order valence-corrected chi connectivity index (χ3v) is 5.26. The van der Waals surface area contributed by atoms with E-state index in [0.717, 1.165) is 16.6 Å². The molecule has 0 bridgehead atoms. The third kappa shape index (κ3) is 3.75. The normalized spacial score (nSPS) is 15.3. The lowest BCUT2D eigenvalue weighted by atomic mass is 10.1. The van der Waals surface area contributed by atoms with Crippen molar-refractivity contribution in [2.45, 2.75) is 26.7 Å². The van der Waals surface area contributed by atoms with Crippen molar-refractivity contribution in [2.24, 2.45) is 5.92 Å². The highest BCUT2D eigenvalue weighted by molar-refractivity contribution is 7.17. The van der Waals surface area contributed by atoms with E-state index in [0.29, 0.717) is 44.1 Å². The second-order valence-electron chi connectivity index (χ2n) is 6.63. The fraction of sp³-hybridized carbons (Fsp3) is 0.500. The Labute approximate surface area is 146 Å². The van der Waals surface area contributed by atoms with Crippen molar-refractivity contribution in [2.75, 3.05) is 26.2 Å². The molecule has 0 radical (unpaired) electrons. The molecule has 1 fully saturated rings. The molecule has 1 aliphatic heterocycles. The van der Waals surface area contributed by atoms with Gasteiger partial charge < -0.3 is 9.80 Å². The molecule has 0 aliphatic carbocycles. The lowest BCUT2D eigenvalue weighted by Gasteiger charge is -2.35. The Morgan fingerprint density at radius 3 is 2.62 bits per heavy atom. The topological polar surface area (TPSA) is 53.5 Å². The van der Waals surface area contributed by atoms with Gasteiger partial charge in [-0.1, -0.05) is 13.8 Å². The first-order valence-electron chi connectivity index (χ1n) is 8.45. The van der Waals surface area contributed by atoms with Gasteiger partial charge >= 0.3 is 0 Å². The van der Waals surface area contributed by atoms with Gasteiger partial charge in [-0.2, -0.15) is 0 Å². The summed E-state index contributed by atoms with van der Waals surface area (Å²) in [5, 5.41) is 1.98. The summed E-state index contributed by atoms with van der Waals surface area (Å²) in [5.74, 6) is 0.751. The Morgan fingerprint density at radius 2 is 1.92 bits per heavy atom.